The predicted octanol–water partition coefficient (Wildman–Crippen LogP) is 5.16. The minimum absolute atomic E-state index is 0.0870. The third-order valence-corrected chi connectivity index (χ3v) is 11.9. The SMILES string of the molecule is CCn1c(=O)/c(=C2\Sc3ccc4ccccc4c3N2C)s/c1=C\c1sc2ccccc2[n+]1C.Cc1ccc(S(=O)(=O)[O-])cc1. The summed E-state index contributed by atoms with van der Waals surface area (Å²) in [6.45, 7) is 4.51. The fourth-order valence-corrected chi connectivity index (χ4v) is 9.26. The van der Waals surface area contributed by atoms with Crippen molar-refractivity contribution >= 4 is 82.3 Å². The molecule has 0 saturated heterocycles. The lowest BCUT2D eigenvalue weighted by Gasteiger charge is -2.15. The molecule has 6 aromatic rings. The summed E-state index contributed by atoms with van der Waals surface area (Å²) in [6, 6.07) is 27.0. The first-order chi connectivity index (χ1) is 21.1. The fourth-order valence-electron chi connectivity index (χ4n) is 5.16. The summed E-state index contributed by atoms with van der Waals surface area (Å²) in [5.74, 6) is 0. The number of aryl methyl sites for hydroxylation is 2. The minimum Gasteiger partial charge on any atom is -0.744 e. The third kappa shape index (κ3) is 5.62. The number of hydrogen-bond acceptors (Lipinski definition) is 8. The van der Waals surface area contributed by atoms with Crippen LogP contribution in [-0.4, -0.2) is 24.6 Å². The average Bonchev–Trinajstić information content (AvgIpc) is 3.63. The predicted molar refractivity (Wildman–Crippen MR) is 181 cm³/mol. The number of thiazole rings is 2. The zero-order valence-corrected chi connectivity index (χ0v) is 27.7. The molecule has 7 rings (SSSR count). The van der Waals surface area contributed by atoms with Gasteiger partial charge in [0.15, 0.2) is 0 Å². The molecular weight excluding hydrogens is 631 g/mol. The van der Waals surface area contributed by atoms with Crippen molar-refractivity contribution in [1.82, 2.24) is 4.57 Å². The van der Waals surface area contributed by atoms with Crippen molar-refractivity contribution in [2.75, 3.05) is 11.9 Å². The Kier molecular flexibility index (Phi) is 8.25. The standard InChI is InChI=1S/C26H22N3OS3.C7H8O3S/c1-4-29-22(15-21-27(2)18-11-7-8-12-19(18)31-21)33-24(25(29)30)26-28(3)23-17-10-6-5-9-16(17)13-14-20(23)32-26;1-6-2-4-7(5-3-6)11(8,9)10/h5-15H,4H2,1-3H3;2-5H,1H3,(H,8,9,10)/q+1;/p-1/b26-24+;. The molecular formula is C33H29N3O4S4. The van der Waals surface area contributed by atoms with Gasteiger partial charge in [0.05, 0.1) is 16.7 Å². The van der Waals surface area contributed by atoms with Crippen LogP contribution in [0.4, 0.5) is 5.69 Å². The molecule has 2 aromatic heterocycles. The topological polar surface area (TPSA) is 86.3 Å². The third-order valence-electron chi connectivity index (χ3n) is 7.46. The first kappa shape index (κ1) is 30.3. The average molecular weight is 660 g/mol. The van der Waals surface area contributed by atoms with Gasteiger partial charge in [0.2, 0.25) is 5.52 Å². The molecule has 44 heavy (non-hydrogen) atoms. The van der Waals surface area contributed by atoms with Crippen molar-refractivity contribution in [2.45, 2.75) is 30.2 Å². The molecule has 0 amide bonds. The van der Waals surface area contributed by atoms with E-state index < -0.39 is 10.1 Å². The van der Waals surface area contributed by atoms with E-state index in [0.29, 0.717) is 6.54 Å². The van der Waals surface area contributed by atoms with Crippen molar-refractivity contribution in [1.29, 1.82) is 0 Å². The van der Waals surface area contributed by atoms with E-state index in [4.69, 9.17) is 0 Å². The normalized spacial score (nSPS) is 14.7. The number of benzene rings is 4. The van der Waals surface area contributed by atoms with Crippen LogP contribution in [0.15, 0.2) is 99.5 Å². The van der Waals surface area contributed by atoms with Crippen LogP contribution in [0.2, 0.25) is 0 Å². The second kappa shape index (κ2) is 12.0. The smallest absolute Gasteiger partial charge is 0.271 e. The van der Waals surface area contributed by atoms with Crippen molar-refractivity contribution in [2.24, 2.45) is 7.05 Å². The van der Waals surface area contributed by atoms with Crippen molar-refractivity contribution in [3.05, 3.63) is 115 Å². The summed E-state index contributed by atoms with van der Waals surface area (Å²) < 4.78 is 38.3. The van der Waals surface area contributed by atoms with Crippen LogP contribution in [0.1, 0.15) is 17.5 Å². The molecule has 4 aromatic carbocycles. The van der Waals surface area contributed by atoms with E-state index in [2.05, 4.69) is 90.3 Å². The first-order valence-corrected chi connectivity index (χ1v) is 17.7. The van der Waals surface area contributed by atoms with E-state index in [-0.39, 0.29) is 10.5 Å². The zero-order chi connectivity index (χ0) is 31.2. The monoisotopic (exact) mass is 659 g/mol. The van der Waals surface area contributed by atoms with Gasteiger partial charge in [-0.05, 0) is 43.5 Å². The minimum atomic E-state index is -4.27. The number of para-hydroxylation sites is 1. The highest BCUT2D eigenvalue weighted by atomic mass is 32.2. The van der Waals surface area contributed by atoms with Gasteiger partial charge in [0.1, 0.15) is 36.1 Å². The zero-order valence-electron chi connectivity index (χ0n) is 24.5. The highest BCUT2D eigenvalue weighted by Crippen LogP contribution is 2.48. The van der Waals surface area contributed by atoms with Crippen LogP contribution in [0.3, 0.4) is 0 Å². The second-order valence-electron chi connectivity index (χ2n) is 10.3. The summed E-state index contributed by atoms with van der Waals surface area (Å²) in [5, 5.41) is 4.58. The largest absolute Gasteiger partial charge is 0.744 e. The van der Waals surface area contributed by atoms with Crippen molar-refractivity contribution < 1.29 is 17.5 Å². The first-order valence-electron chi connectivity index (χ1n) is 13.9. The summed E-state index contributed by atoms with van der Waals surface area (Å²) in [4.78, 5) is 16.7. The molecule has 0 aliphatic carbocycles. The number of thioether (sulfide) groups is 1. The summed E-state index contributed by atoms with van der Waals surface area (Å²) in [5.41, 5.74) is 3.41. The van der Waals surface area contributed by atoms with Gasteiger partial charge in [-0.3, -0.25) is 9.36 Å². The fraction of sp³-hybridized carbons (Fsp3) is 0.152. The Bertz CT molecular complexity index is 2340. The quantitative estimate of drug-likeness (QED) is 0.193. The molecule has 7 nitrogen and oxygen atoms in total. The van der Waals surface area contributed by atoms with Gasteiger partial charge in [0, 0.05) is 29.9 Å². The van der Waals surface area contributed by atoms with E-state index in [0.717, 1.165) is 24.8 Å². The van der Waals surface area contributed by atoms with Crippen LogP contribution in [0.25, 0.3) is 32.1 Å². The van der Waals surface area contributed by atoms with Crippen molar-refractivity contribution in [3.8, 4) is 0 Å². The maximum Gasteiger partial charge on any atom is 0.271 e. The van der Waals surface area contributed by atoms with Crippen LogP contribution in [0.5, 0.6) is 0 Å². The molecule has 0 atom stereocenters. The Hall–Kier alpha value is -3.74. The molecule has 0 saturated carbocycles. The Morgan fingerprint density at radius 2 is 1.64 bits per heavy atom. The summed E-state index contributed by atoms with van der Waals surface area (Å²) in [6.07, 6.45) is 2.16. The lowest BCUT2D eigenvalue weighted by atomic mass is 10.1. The molecule has 1 aliphatic rings. The molecule has 0 spiro atoms. The Morgan fingerprint density at radius 1 is 0.932 bits per heavy atom. The highest BCUT2D eigenvalue weighted by molar-refractivity contribution is 8.08. The number of rotatable bonds is 3. The second-order valence-corrected chi connectivity index (χ2v) is 14.8. The number of hydrogen-bond donors (Lipinski definition) is 0. The molecule has 0 radical (unpaired) electrons. The molecule has 224 valence electrons. The number of anilines is 1. The van der Waals surface area contributed by atoms with Gasteiger partial charge < -0.3 is 9.45 Å². The van der Waals surface area contributed by atoms with Gasteiger partial charge in [-0.2, -0.15) is 4.57 Å². The lowest BCUT2D eigenvalue weighted by Crippen LogP contribution is -2.34. The highest BCUT2D eigenvalue weighted by Gasteiger charge is 2.27. The van der Waals surface area contributed by atoms with Crippen LogP contribution >= 0.6 is 34.4 Å². The summed E-state index contributed by atoms with van der Waals surface area (Å²) in [7, 11) is -0.107. The number of nitrogens with zero attached hydrogens (tertiary/aromatic N) is 3. The lowest BCUT2D eigenvalue weighted by molar-refractivity contribution is -0.642. The van der Waals surface area contributed by atoms with Crippen LogP contribution in [-0.2, 0) is 23.7 Å². The Morgan fingerprint density at radius 3 is 2.34 bits per heavy atom. The van der Waals surface area contributed by atoms with Gasteiger partial charge in [0.25, 0.3) is 10.6 Å². The molecule has 3 heterocycles. The molecule has 0 N–H and O–H groups in total. The number of aromatic nitrogens is 2. The van der Waals surface area contributed by atoms with Gasteiger partial charge in [-0.1, -0.05) is 83.3 Å². The van der Waals surface area contributed by atoms with Gasteiger partial charge in [-0.15, -0.1) is 11.3 Å². The number of fused-ring (bicyclic) bond motifs is 4. The Balaban J connectivity index is 0.000000265. The van der Waals surface area contributed by atoms with Crippen LogP contribution in [0, 0.1) is 6.92 Å². The van der Waals surface area contributed by atoms with E-state index in [1.54, 1.807) is 46.6 Å². The Labute approximate surface area is 267 Å². The van der Waals surface area contributed by atoms with Crippen LogP contribution < -0.4 is 24.2 Å². The maximum atomic E-state index is 13.5. The molecule has 0 unspecified atom stereocenters. The van der Waals surface area contributed by atoms with E-state index in [1.807, 2.05) is 18.4 Å². The van der Waals surface area contributed by atoms with Gasteiger partial charge in [-0.25, -0.2) is 8.42 Å². The van der Waals surface area contributed by atoms with E-state index in [1.165, 1.54) is 43.7 Å². The van der Waals surface area contributed by atoms with E-state index in [9.17, 15) is 17.8 Å². The summed E-state index contributed by atoms with van der Waals surface area (Å²) >= 11 is 5.04. The van der Waals surface area contributed by atoms with Gasteiger partial charge >= 0.3 is 0 Å². The molecule has 0 bridgehead atoms. The molecule has 1 aliphatic heterocycles. The van der Waals surface area contributed by atoms with E-state index >= 15 is 0 Å². The van der Waals surface area contributed by atoms with Crippen molar-refractivity contribution in [3.63, 3.8) is 0 Å². The molecule has 11 heteroatoms. The molecule has 0 fully saturated rings. The maximum absolute atomic E-state index is 13.5.